The molecule has 0 fully saturated rings. The van der Waals surface area contributed by atoms with E-state index in [0.717, 1.165) is 18.2 Å². The molecule has 0 N–H and O–H groups in total. The molecule has 7 heteroatoms. The van der Waals surface area contributed by atoms with Gasteiger partial charge in [0.05, 0.1) is 17.2 Å². The molecule has 92 valence electrons. The van der Waals surface area contributed by atoms with Crippen LogP contribution >= 0.6 is 0 Å². The van der Waals surface area contributed by atoms with E-state index in [-0.39, 0.29) is 17.7 Å². The fourth-order valence-electron chi connectivity index (χ4n) is 1.24. The molecule has 0 spiro atoms. The summed E-state index contributed by atoms with van der Waals surface area (Å²) in [6.07, 6.45) is -1.75. The summed E-state index contributed by atoms with van der Waals surface area (Å²) in [5.41, 5.74) is 7.47. The Morgan fingerprint density at radius 2 is 2.17 bits per heavy atom. The number of benzene rings is 1. The smallest absolute Gasteiger partial charge is 0.192 e. The van der Waals surface area contributed by atoms with Gasteiger partial charge in [0, 0.05) is 11.5 Å². The standard InChI is InChI=1S/C11H7F3N4/c12-11(13,14)10-4-3-9(7-15)8(6-10)2-1-5-17-18-16/h1-4,6H,5H2. The molecule has 0 heterocycles. The molecule has 0 aliphatic rings. The lowest BCUT2D eigenvalue weighted by Crippen LogP contribution is -2.05. The summed E-state index contributed by atoms with van der Waals surface area (Å²) in [7, 11) is 0. The highest BCUT2D eigenvalue weighted by Crippen LogP contribution is 2.30. The molecule has 0 amide bonds. The first kappa shape index (κ1) is 13.6. The minimum absolute atomic E-state index is 0.0115. The number of halogens is 3. The van der Waals surface area contributed by atoms with Crippen molar-refractivity contribution in [2.75, 3.05) is 6.54 Å². The van der Waals surface area contributed by atoms with Crippen molar-refractivity contribution in [1.29, 1.82) is 5.26 Å². The second kappa shape index (κ2) is 5.75. The third-order valence-electron chi connectivity index (χ3n) is 2.05. The molecule has 0 saturated heterocycles. The predicted octanol–water partition coefficient (Wildman–Crippen LogP) is 3.90. The van der Waals surface area contributed by atoms with Crippen LogP contribution in [0.5, 0.6) is 0 Å². The number of rotatable bonds is 3. The van der Waals surface area contributed by atoms with Crippen LogP contribution < -0.4 is 0 Å². The zero-order valence-corrected chi connectivity index (χ0v) is 9.02. The molecule has 1 aromatic carbocycles. The highest BCUT2D eigenvalue weighted by atomic mass is 19.4. The van der Waals surface area contributed by atoms with Gasteiger partial charge in [0.2, 0.25) is 0 Å². The largest absolute Gasteiger partial charge is 0.416 e. The monoisotopic (exact) mass is 252 g/mol. The Hall–Kier alpha value is -2.45. The molecule has 0 aliphatic heterocycles. The van der Waals surface area contributed by atoms with E-state index in [9.17, 15) is 13.2 Å². The Kier molecular flexibility index (Phi) is 4.35. The van der Waals surface area contributed by atoms with Crippen LogP contribution in [0.15, 0.2) is 29.4 Å². The fourth-order valence-corrected chi connectivity index (χ4v) is 1.24. The average Bonchev–Trinajstić information content (AvgIpc) is 2.33. The number of nitrogens with zero attached hydrogens (tertiary/aromatic N) is 4. The molecular formula is C11H7F3N4. The second-order valence-corrected chi connectivity index (χ2v) is 3.23. The Morgan fingerprint density at radius 1 is 1.44 bits per heavy atom. The summed E-state index contributed by atoms with van der Waals surface area (Å²) < 4.78 is 37.4. The van der Waals surface area contributed by atoms with E-state index in [0.29, 0.717) is 0 Å². The lowest BCUT2D eigenvalue weighted by Gasteiger charge is -2.08. The lowest BCUT2D eigenvalue weighted by molar-refractivity contribution is -0.137. The third-order valence-corrected chi connectivity index (χ3v) is 2.05. The summed E-state index contributed by atoms with van der Waals surface area (Å²) in [5, 5.41) is 12.0. The van der Waals surface area contributed by atoms with Gasteiger partial charge in [0.1, 0.15) is 0 Å². The maximum Gasteiger partial charge on any atom is 0.416 e. The van der Waals surface area contributed by atoms with Crippen molar-refractivity contribution in [3.05, 3.63) is 51.4 Å². The molecule has 0 bridgehead atoms. The van der Waals surface area contributed by atoms with Gasteiger partial charge in [-0.1, -0.05) is 17.3 Å². The third kappa shape index (κ3) is 3.54. The van der Waals surface area contributed by atoms with Gasteiger partial charge in [-0.2, -0.15) is 18.4 Å². The van der Waals surface area contributed by atoms with Crippen LogP contribution in [0.2, 0.25) is 0 Å². The summed E-state index contributed by atoms with van der Waals surface area (Å²) in [4.78, 5) is 2.50. The van der Waals surface area contributed by atoms with E-state index >= 15 is 0 Å². The molecule has 0 radical (unpaired) electrons. The maximum atomic E-state index is 12.5. The van der Waals surface area contributed by atoms with Crippen molar-refractivity contribution in [2.24, 2.45) is 5.11 Å². The molecule has 1 rings (SSSR count). The van der Waals surface area contributed by atoms with Crippen molar-refractivity contribution < 1.29 is 13.2 Å². The first-order valence-corrected chi connectivity index (χ1v) is 4.78. The summed E-state index contributed by atoms with van der Waals surface area (Å²) in [6.45, 7) is 0.0115. The number of nitriles is 1. The molecular weight excluding hydrogens is 245 g/mol. The number of azide groups is 1. The van der Waals surface area contributed by atoms with Crippen LogP contribution in [0.25, 0.3) is 16.5 Å². The number of hydrogen-bond acceptors (Lipinski definition) is 2. The molecule has 4 nitrogen and oxygen atoms in total. The normalized spacial score (nSPS) is 11.0. The minimum atomic E-state index is -4.46. The van der Waals surface area contributed by atoms with E-state index in [1.54, 1.807) is 6.07 Å². The minimum Gasteiger partial charge on any atom is -0.192 e. The molecule has 18 heavy (non-hydrogen) atoms. The van der Waals surface area contributed by atoms with Crippen LogP contribution in [0.3, 0.4) is 0 Å². The first-order chi connectivity index (χ1) is 8.49. The maximum absolute atomic E-state index is 12.5. The van der Waals surface area contributed by atoms with E-state index in [1.165, 1.54) is 12.2 Å². The van der Waals surface area contributed by atoms with Crippen molar-refractivity contribution in [3.63, 3.8) is 0 Å². The van der Waals surface area contributed by atoms with Crippen LogP contribution in [-0.4, -0.2) is 6.54 Å². The molecule has 1 aromatic rings. The number of hydrogen-bond donors (Lipinski definition) is 0. The van der Waals surface area contributed by atoms with Gasteiger partial charge in [-0.3, -0.25) is 0 Å². The second-order valence-electron chi connectivity index (χ2n) is 3.23. The van der Waals surface area contributed by atoms with Gasteiger partial charge in [0.15, 0.2) is 0 Å². The van der Waals surface area contributed by atoms with Gasteiger partial charge in [-0.05, 0) is 29.3 Å². The van der Waals surface area contributed by atoms with Crippen molar-refractivity contribution in [3.8, 4) is 6.07 Å². The van der Waals surface area contributed by atoms with Crippen LogP contribution in [0.1, 0.15) is 16.7 Å². The summed E-state index contributed by atoms with van der Waals surface area (Å²) in [6, 6.07) is 4.63. The summed E-state index contributed by atoms with van der Waals surface area (Å²) in [5.74, 6) is 0. The zero-order chi connectivity index (χ0) is 13.6. The topological polar surface area (TPSA) is 72.5 Å². The van der Waals surface area contributed by atoms with Crippen LogP contribution in [0, 0.1) is 11.3 Å². The first-order valence-electron chi connectivity index (χ1n) is 4.78. The van der Waals surface area contributed by atoms with Crippen LogP contribution in [-0.2, 0) is 6.18 Å². The molecule has 0 atom stereocenters. The lowest BCUT2D eigenvalue weighted by atomic mass is 10.0. The highest BCUT2D eigenvalue weighted by Gasteiger charge is 2.30. The molecule has 0 aliphatic carbocycles. The van der Waals surface area contributed by atoms with E-state index < -0.39 is 11.7 Å². The van der Waals surface area contributed by atoms with E-state index in [1.807, 2.05) is 0 Å². The Labute approximate surface area is 101 Å². The van der Waals surface area contributed by atoms with E-state index in [4.69, 9.17) is 10.8 Å². The Morgan fingerprint density at radius 3 is 2.72 bits per heavy atom. The van der Waals surface area contributed by atoms with Crippen molar-refractivity contribution in [2.45, 2.75) is 6.18 Å². The molecule has 0 aromatic heterocycles. The Balaban J connectivity index is 3.11. The quantitative estimate of drug-likeness (QED) is 0.456. The van der Waals surface area contributed by atoms with Gasteiger partial charge in [-0.15, -0.1) is 0 Å². The summed E-state index contributed by atoms with van der Waals surface area (Å²) >= 11 is 0. The zero-order valence-electron chi connectivity index (χ0n) is 9.02. The molecule has 0 unspecified atom stereocenters. The highest BCUT2D eigenvalue weighted by molar-refractivity contribution is 5.59. The Bertz CT molecular complexity index is 548. The SMILES string of the molecule is N#Cc1ccc(C(F)(F)F)cc1C=CCN=[N+]=[N-]. The average molecular weight is 252 g/mol. The molecule has 0 saturated carbocycles. The van der Waals surface area contributed by atoms with Gasteiger partial charge in [-0.25, -0.2) is 0 Å². The number of alkyl halides is 3. The van der Waals surface area contributed by atoms with Gasteiger partial charge < -0.3 is 0 Å². The van der Waals surface area contributed by atoms with Crippen molar-refractivity contribution >= 4 is 6.08 Å². The predicted molar refractivity (Wildman–Crippen MR) is 59.2 cm³/mol. The van der Waals surface area contributed by atoms with E-state index in [2.05, 4.69) is 10.0 Å². The van der Waals surface area contributed by atoms with Crippen LogP contribution in [0.4, 0.5) is 13.2 Å². The van der Waals surface area contributed by atoms with Crippen molar-refractivity contribution in [1.82, 2.24) is 0 Å². The van der Waals surface area contributed by atoms with Gasteiger partial charge in [0.25, 0.3) is 0 Å². The fraction of sp³-hybridized carbons (Fsp3) is 0.182. The van der Waals surface area contributed by atoms with Gasteiger partial charge >= 0.3 is 6.18 Å².